The molecule has 1 heterocycles. The summed E-state index contributed by atoms with van der Waals surface area (Å²) in [5.74, 6) is -0.356. The molecule has 0 spiro atoms. The minimum Gasteiger partial charge on any atom is -0.478 e. The van der Waals surface area contributed by atoms with E-state index >= 15 is 0 Å². The van der Waals surface area contributed by atoms with Gasteiger partial charge in [-0.3, -0.25) is 9.13 Å². The molecule has 3 aromatic rings. The van der Waals surface area contributed by atoms with E-state index in [0.717, 1.165) is 55.5 Å². The summed E-state index contributed by atoms with van der Waals surface area (Å²) in [4.78, 5) is 24.6. The minimum atomic E-state index is -0.935. The first-order chi connectivity index (χ1) is 15.4. The van der Waals surface area contributed by atoms with Crippen molar-refractivity contribution in [2.45, 2.75) is 66.0 Å². The Bertz CT molecular complexity index is 1090. The lowest BCUT2D eigenvalue weighted by Crippen LogP contribution is -2.25. The van der Waals surface area contributed by atoms with Crippen LogP contribution in [0.5, 0.6) is 0 Å². The van der Waals surface area contributed by atoms with E-state index in [1.165, 1.54) is 0 Å². The molecule has 170 valence electrons. The van der Waals surface area contributed by atoms with E-state index in [1.54, 1.807) is 12.1 Å². The standard InChI is InChI=1S/C27H34N2O3/c1-4-5-8-17-28-19-23(16-11-20(2)3)29(27(28)32)18-21-12-14-22(15-13-21)24-9-6-7-10-25(24)26(30)31/h6-7,9-10,12-15,19-20H,4-5,8,11,16-18H2,1-3H3,(H,30,31). The molecule has 0 bridgehead atoms. The first kappa shape index (κ1) is 23.6. The molecule has 1 N–H and O–H groups in total. The summed E-state index contributed by atoms with van der Waals surface area (Å²) in [5, 5.41) is 9.47. The molecule has 0 saturated heterocycles. The van der Waals surface area contributed by atoms with Crippen LogP contribution in [0, 0.1) is 5.92 Å². The van der Waals surface area contributed by atoms with Crippen LogP contribution in [0.1, 0.15) is 68.1 Å². The van der Waals surface area contributed by atoms with Gasteiger partial charge in [0.1, 0.15) is 0 Å². The van der Waals surface area contributed by atoms with Crippen LogP contribution >= 0.6 is 0 Å². The molecule has 32 heavy (non-hydrogen) atoms. The van der Waals surface area contributed by atoms with Gasteiger partial charge in [0.05, 0.1) is 12.1 Å². The first-order valence-electron chi connectivity index (χ1n) is 11.6. The molecule has 0 aliphatic carbocycles. The number of carbonyl (C=O) groups is 1. The third kappa shape index (κ3) is 5.78. The molecule has 3 rings (SSSR count). The molecule has 2 aromatic carbocycles. The van der Waals surface area contributed by atoms with Gasteiger partial charge in [0.25, 0.3) is 0 Å². The van der Waals surface area contributed by atoms with Gasteiger partial charge in [0.15, 0.2) is 0 Å². The van der Waals surface area contributed by atoms with Gasteiger partial charge in [-0.1, -0.05) is 76.1 Å². The van der Waals surface area contributed by atoms with Crippen LogP contribution in [-0.2, 0) is 19.5 Å². The molecule has 0 unspecified atom stereocenters. The Morgan fingerprint density at radius 3 is 2.41 bits per heavy atom. The third-order valence-corrected chi connectivity index (χ3v) is 5.87. The van der Waals surface area contributed by atoms with Gasteiger partial charge in [0, 0.05) is 18.4 Å². The summed E-state index contributed by atoms with van der Waals surface area (Å²) in [7, 11) is 0. The fourth-order valence-electron chi connectivity index (χ4n) is 3.97. The molecule has 5 heteroatoms. The molecule has 0 aliphatic heterocycles. The highest BCUT2D eigenvalue weighted by Crippen LogP contribution is 2.24. The van der Waals surface area contributed by atoms with Gasteiger partial charge in [0.2, 0.25) is 0 Å². The molecule has 0 saturated carbocycles. The van der Waals surface area contributed by atoms with Crippen LogP contribution in [0.3, 0.4) is 0 Å². The van der Waals surface area contributed by atoms with Crippen molar-refractivity contribution in [2.24, 2.45) is 5.92 Å². The Kier molecular flexibility index (Phi) is 8.09. The number of imidazole rings is 1. The number of rotatable bonds is 11. The number of aryl methyl sites for hydroxylation is 2. The van der Waals surface area contributed by atoms with Crippen molar-refractivity contribution in [2.75, 3.05) is 0 Å². The van der Waals surface area contributed by atoms with Crippen LogP contribution in [0.25, 0.3) is 11.1 Å². The number of carboxylic acids is 1. The predicted molar refractivity (Wildman–Crippen MR) is 129 cm³/mol. The number of aromatic nitrogens is 2. The van der Waals surface area contributed by atoms with Crippen LogP contribution in [0.15, 0.2) is 59.5 Å². The maximum absolute atomic E-state index is 13.1. The largest absolute Gasteiger partial charge is 0.478 e. The summed E-state index contributed by atoms with van der Waals surface area (Å²) in [6, 6.07) is 14.9. The molecule has 0 fully saturated rings. The maximum Gasteiger partial charge on any atom is 0.336 e. The Labute approximate surface area is 190 Å². The molecule has 1 aromatic heterocycles. The van der Waals surface area contributed by atoms with Crippen LogP contribution < -0.4 is 5.69 Å². The summed E-state index contributed by atoms with van der Waals surface area (Å²) < 4.78 is 3.76. The topological polar surface area (TPSA) is 64.2 Å². The van der Waals surface area contributed by atoms with Gasteiger partial charge in [-0.25, -0.2) is 9.59 Å². The van der Waals surface area contributed by atoms with Crippen molar-refractivity contribution < 1.29 is 9.90 Å². The van der Waals surface area contributed by atoms with Gasteiger partial charge >= 0.3 is 11.7 Å². The number of benzene rings is 2. The smallest absolute Gasteiger partial charge is 0.336 e. The molecule has 0 amide bonds. The minimum absolute atomic E-state index is 0.0557. The number of unbranched alkanes of at least 4 members (excludes halogenated alkanes) is 2. The predicted octanol–water partition coefficient (Wildman–Crippen LogP) is 5.84. The average Bonchev–Trinajstić information content (AvgIpc) is 3.07. The highest BCUT2D eigenvalue weighted by molar-refractivity contribution is 5.95. The van der Waals surface area contributed by atoms with E-state index in [0.29, 0.717) is 18.0 Å². The van der Waals surface area contributed by atoms with E-state index in [2.05, 4.69) is 20.8 Å². The highest BCUT2D eigenvalue weighted by atomic mass is 16.4. The SMILES string of the molecule is CCCCCn1cc(CCC(C)C)n(Cc2ccc(-c3ccccc3C(=O)O)cc2)c1=O. The second kappa shape index (κ2) is 11.0. The van der Waals surface area contributed by atoms with E-state index in [1.807, 2.05) is 51.7 Å². The normalized spacial score (nSPS) is 11.2. The number of hydrogen-bond acceptors (Lipinski definition) is 2. The maximum atomic E-state index is 13.1. The lowest BCUT2D eigenvalue weighted by atomic mass is 9.98. The van der Waals surface area contributed by atoms with Gasteiger partial charge in [-0.05, 0) is 47.9 Å². The molecule has 0 radical (unpaired) electrons. The van der Waals surface area contributed by atoms with Gasteiger partial charge in [-0.2, -0.15) is 0 Å². The van der Waals surface area contributed by atoms with E-state index < -0.39 is 5.97 Å². The fraction of sp³-hybridized carbons (Fsp3) is 0.407. The Balaban J connectivity index is 1.86. The molecule has 0 atom stereocenters. The first-order valence-corrected chi connectivity index (χ1v) is 11.6. The zero-order valence-corrected chi connectivity index (χ0v) is 19.4. The van der Waals surface area contributed by atoms with Crippen LogP contribution in [-0.4, -0.2) is 20.2 Å². The van der Waals surface area contributed by atoms with Crippen molar-refractivity contribution >= 4 is 5.97 Å². The van der Waals surface area contributed by atoms with Crippen LogP contribution in [0.2, 0.25) is 0 Å². The summed E-state index contributed by atoms with van der Waals surface area (Å²) in [6.07, 6.45) is 7.24. The van der Waals surface area contributed by atoms with Gasteiger partial charge < -0.3 is 5.11 Å². The monoisotopic (exact) mass is 434 g/mol. The summed E-state index contributed by atoms with van der Waals surface area (Å²) in [5.41, 5.74) is 4.01. The summed E-state index contributed by atoms with van der Waals surface area (Å²) >= 11 is 0. The van der Waals surface area contributed by atoms with Crippen molar-refractivity contribution in [3.05, 3.63) is 82.0 Å². The molecular weight excluding hydrogens is 400 g/mol. The second-order valence-corrected chi connectivity index (χ2v) is 8.87. The van der Waals surface area contributed by atoms with Crippen molar-refractivity contribution in [1.29, 1.82) is 0 Å². The zero-order chi connectivity index (χ0) is 23.1. The number of hydrogen-bond donors (Lipinski definition) is 1. The molecule has 5 nitrogen and oxygen atoms in total. The van der Waals surface area contributed by atoms with E-state index in [-0.39, 0.29) is 11.3 Å². The number of nitrogens with zero attached hydrogens (tertiary/aromatic N) is 2. The quantitative estimate of drug-likeness (QED) is 0.386. The Morgan fingerprint density at radius 2 is 1.75 bits per heavy atom. The van der Waals surface area contributed by atoms with E-state index in [9.17, 15) is 14.7 Å². The fourth-order valence-corrected chi connectivity index (χ4v) is 3.97. The average molecular weight is 435 g/mol. The van der Waals surface area contributed by atoms with E-state index in [4.69, 9.17) is 0 Å². The third-order valence-electron chi connectivity index (χ3n) is 5.87. The molecular formula is C27H34N2O3. The van der Waals surface area contributed by atoms with Crippen molar-refractivity contribution in [3.8, 4) is 11.1 Å². The second-order valence-electron chi connectivity index (χ2n) is 8.87. The van der Waals surface area contributed by atoms with Crippen molar-refractivity contribution in [3.63, 3.8) is 0 Å². The molecule has 0 aliphatic rings. The summed E-state index contributed by atoms with van der Waals surface area (Å²) in [6.45, 7) is 7.86. The van der Waals surface area contributed by atoms with Crippen LogP contribution in [0.4, 0.5) is 0 Å². The lowest BCUT2D eigenvalue weighted by molar-refractivity contribution is 0.0697. The highest BCUT2D eigenvalue weighted by Gasteiger charge is 2.14. The Hall–Kier alpha value is -3.08. The van der Waals surface area contributed by atoms with Crippen molar-refractivity contribution in [1.82, 2.24) is 9.13 Å². The Morgan fingerprint density at radius 1 is 1.03 bits per heavy atom. The number of aromatic carboxylic acids is 1. The number of carboxylic acid groups (broad SMARTS) is 1. The lowest BCUT2D eigenvalue weighted by Gasteiger charge is -2.10. The zero-order valence-electron chi connectivity index (χ0n) is 19.4. The van der Waals surface area contributed by atoms with Gasteiger partial charge in [-0.15, -0.1) is 0 Å².